The van der Waals surface area contributed by atoms with Crippen LogP contribution in [-0.4, -0.2) is 27.2 Å². The molecule has 3 aromatic rings. The van der Waals surface area contributed by atoms with Crippen molar-refractivity contribution < 1.29 is 5.11 Å². The van der Waals surface area contributed by atoms with Crippen molar-refractivity contribution in [3.05, 3.63) is 41.0 Å². The molecule has 5 heteroatoms. The van der Waals surface area contributed by atoms with Crippen LogP contribution < -0.4 is 5.32 Å². The van der Waals surface area contributed by atoms with E-state index < -0.39 is 5.54 Å². The average molecular weight is 353 g/mol. The second kappa shape index (κ2) is 6.39. The van der Waals surface area contributed by atoms with Gasteiger partial charge in [-0.05, 0) is 56.2 Å². The monoisotopic (exact) mass is 353 g/mol. The Kier molecular flexibility index (Phi) is 4.21. The van der Waals surface area contributed by atoms with Crippen LogP contribution in [0.4, 0.5) is 5.82 Å². The van der Waals surface area contributed by atoms with Crippen LogP contribution >= 0.6 is 11.3 Å². The molecule has 130 valence electrons. The number of nitrogens with one attached hydrogen (secondary N) is 1. The Hall–Kier alpha value is -1.98. The molecular formula is C20H23N3OS. The number of aliphatic hydroxyl groups is 1. The quantitative estimate of drug-likeness (QED) is 0.729. The molecule has 2 heterocycles. The van der Waals surface area contributed by atoms with Gasteiger partial charge in [0.25, 0.3) is 0 Å². The number of aliphatic hydroxyl groups excluding tert-OH is 1. The van der Waals surface area contributed by atoms with Crippen LogP contribution in [0.1, 0.15) is 37.8 Å². The molecule has 0 saturated heterocycles. The number of fused-ring (bicyclic) bond motifs is 2. The summed E-state index contributed by atoms with van der Waals surface area (Å²) in [5.41, 5.74) is 4.93. The largest absolute Gasteiger partial charge is 0.394 e. The summed E-state index contributed by atoms with van der Waals surface area (Å²) in [7, 11) is 0. The third-order valence-electron chi connectivity index (χ3n) is 4.88. The average Bonchev–Trinajstić information content (AvgIpc) is 3.06. The zero-order valence-corrected chi connectivity index (χ0v) is 15.5. The minimum Gasteiger partial charge on any atom is -0.394 e. The summed E-state index contributed by atoms with van der Waals surface area (Å²) in [4.78, 5) is 9.87. The fraction of sp³-hybridized carbons (Fsp3) is 0.400. The van der Waals surface area contributed by atoms with Crippen molar-refractivity contribution >= 4 is 27.4 Å². The first-order valence-electron chi connectivity index (χ1n) is 8.81. The molecular weight excluding hydrogens is 330 g/mol. The van der Waals surface area contributed by atoms with E-state index in [9.17, 15) is 5.11 Å². The van der Waals surface area contributed by atoms with Gasteiger partial charge in [-0.25, -0.2) is 9.97 Å². The highest BCUT2D eigenvalue weighted by molar-refractivity contribution is 7.17. The Balaban J connectivity index is 1.83. The number of anilines is 1. The van der Waals surface area contributed by atoms with Gasteiger partial charge in [0.2, 0.25) is 0 Å². The molecule has 4 rings (SSSR count). The van der Waals surface area contributed by atoms with E-state index in [-0.39, 0.29) is 6.61 Å². The van der Waals surface area contributed by atoms with Crippen molar-refractivity contribution in [1.29, 1.82) is 0 Å². The number of rotatable bonds is 4. The van der Waals surface area contributed by atoms with E-state index in [2.05, 4.69) is 38.9 Å². The van der Waals surface area contributed by atoms with E-state index in [1.165, 1.54) is 47.9 Å². The van der Waals surface area contributed by atoms with Gasteiger partial charge >= 0.3 is 0 Å². The molecule has 0 unspecified atom stereocenters. The SMILES string of the molecule is CC(C)(CO)Nc1ncnc2scc(-c3ccc4c(c3)CCCC4)c12. The summed E-state index contributed by atoms with van der Waals surface area (Å²) in [6.45, 7) is 3.97. The maximum absolute atomic E-state index is 9.59. The van der Waals surface area contributed by atoms with E-state index in [1.54, 1.807) is 17.7 Å². The molecule has 0 aliphatic heterocycles. The first-order valence-corrected chi connectivity index (χ1v) is 9.69. The Morgan fingerprint density at radius 2 is 1.96 bits per heavy atom. The molecule has 0 fully saturated rings. The number of hydrogen-bond donors (Lipinski definition) is 2. The highest BCUT2D eigenvalue weighted by Crippen LogP contribution is 2.38. The number of benzene rings is 1. The maximum Gasteiger partial charge on any atom is 0.139 e. The molecule has 2 N–H and O–H groups in total. The lowest BCUT2D eigenvalue weighted by molar-refractivity contribution is 0.234. The fourth-order valence-electron chi connectivity index (χ4n) is 3.44. The van der Waals surface area contributed by atoms with Gasteiger partial charge in [0.05, 0.1) is 17.5 Å². The molecule has 0 spiro atoms. The van der Waals surface area contributed by atoms with Crippen molar-refractivity contribution in [2.75, 3.05) is 11.9 Å². The second-order valence-electron chi connectivity index (χ2n) is 7.41. The Morgan fingerprint density at radius 3 is 2.76 bits per heavy atom. The summed E-state index contributed by atoms with van der Waals surface area (Å²) in [5.74, 6) is 0.790. The van der Waals surface area contributed by atoms with Gasteiger partial charge in [0.1, 0.15) is 17.0 Å². The zero-order chi connectivity index (χ0) is 17.4. The van der Waals surface area contributed by atoms with Crippen molar-refractivity contribution in [2.24, 2.45) is 0 Å². The van der Waals surface area contributed by atoms with E-state index >= 15 is 0 Å². The van der Waals surface area contributed by atoms with Crippen LogP contribution in [0.5, 0.6) is 0 Å². The van der Waals surface area contributed by atoms with Gasteiger partial charge in [0.15, 0.2) is 0 Å². The second-order valence-corrected chi connectivity index (χ2v) is 8.27. The van der Waals surface area contributed by atoms with Crippen molar-refractivity contribution in [3.63, 3.8) is 0 Å². The third-order valence-corrected chi connectivity index (χ3v) is 5.77. The van der Waals surface area contributed by atoms with Crippen LogP contribution in [0.2, 0.25) is 0 Å². The molecule has 1 aliphatic rings. The normalized spacial score (nSPS) is 14.5. The summed E-state index contributed by atoms with van der Waals surface area (Å²) in [6, 6.07) is 6.84. The van der Waals surface area contributed by atoms with Crippen molar-refractivity contribution in [2.45, 2.75) is 45.1 Å². The summed E-state index contributed by atoms with van der Waals surface area (Å²) in [5, 5.41) is 16.2. The Morgan fingerprint density at radius 1 is 1.16 bits per heavy atom. The predicted octanol–water partition coefficient (Wildman–Crippen LogP) is 4.42. The van der Waals surface area contributed by atoms with Crippen LogP contribution in [0.25, 0.3) is 21.3 Å². The molecule has 0 atom stereocenters. The van der Waals surface area contributed by atoms with Gasteiger partial charge in [-0.3, -0.25) is 0 Å². The molecule has 1 aliphatic carbocycles. The number of aryl methyl sites for hydroxylation is 2. The van der Waals surface area contributed by atoms with Gasteiger partial charge in [-0.1, -0.05) is 18.2 Å². The minimum atomic E-state index is -0.434. The Labute approximate surface area is 152 Å². The first kappa shape index (κ1) is 16.5. The topological polar surface area (TPSA) is 58.0 Å². The molecule has 0 amide bonds. The number of hydrogen-bond acceptors (Lipinski definition) is 5. The van der Waals surface area contributed by atoms with E-state index in [0.29, 0.717) is 0 Å². The number of nitrogens with zero attached hydrogens (tertiary/aromatic N) is 2. The van der Waals surface area contributed by atoms with Crippen LogP contribution in [-0.2, 0) is 12.8 Å². The zero-order valence-electron chi connectivity index (χ0n) is 14.7. The van der Waals surface area contributed by atoms with Crippen LogP contribution in [0.15, 0.2) is 29.9 Å². The number of thiophene rings is 1. The van der Waals surface area contributed by atoms with Crippen molar-refractivity contribution in [3.8, 4) is 11.1 Å². The van der Waals surface area contributed by atoms with Gasteiger partial charge < -0.3 is 10.4 Å². The highest BCUT2D eigenvalue weighted by Gasteiger charge is 2.21. The summed E-state index contributed by atoms with van der Waals surface area (Å²) >= 11 is 1.64. The van der Waals surface area contributed by atoms with Gasteiger partial charge in [-0.15, -0.1) is 11.3 Å². The molecule has 25 heavy (non-hydrogen) atoms. The third kappa shape index (κ3) is 3.14. The van der Waals surface area contributed by atoms with Gasteiger partial charge in [0, 0.05) is 10.9 Å². The van der Waals surface area contributed by atoms with E-state index in [1.807, 2.05) is 13.8 Å². The van der Waals surface area contributed by atoms with E-state index in [0.717, 1.165) is 16.0 Å². The first-order chi connectivity index (χ1) is 12.1. The highest BCUT2D eigenvalue weighted by atomic mass is 32.1. The van der Waals surface area contributed by atoms with Crippen LogP contribution in [0.3, 0.4) is 0 Å². The lowest BCUT2D eigenvalue weighted by Gasteiger charge is -2.24. The van der Waals surface area contributed by atoms with Crippen LogP contribution in [0, 0.1) is 0 Å². The smallest absolute Gasteiger partial charge is 0.139 e. The minimum absolute atomic E-state index is 0.0385. The maximum atomic E-state index is 9.59. The molecule has 4 nitrogen and oxygen atoms in total. The summed E-state index contributed by atoms with van der Waals surface area (Å²) in [6.07, 6.45) is 6.53. The fourth-order valence-corrected chi connectivity index (χ4v) is 4.36. The molecule has 0 saturated carbocycles. The lowest BCUT2D eigenvalue weighted by Crippen LogP contribution is -2.35. The Bertz CT molecular complexity index is 916. The van der Waals surface area contributed by atoms with E-state index in [4.69, 9.17) is 0 Å². The molecule has 2 aromatic heterocycles. The van der Waals surface area contributed by atoms with Crippen molar-refractivity contribution in [1.82, 2.24) is 9.97 Å². The molecule has 1 aromatic carbocycles. The molecule has 0 bridgehead atoms. The number of aromatic nitrogens is 2. The van der Waals surface area contributed by atoms with Gasteiger partial charge in [-0.2, -0.15) is 0 Å². The summed E-state index contributed by atoms with van der Waals surface area (Å²) < 4.78 is 0. The standard InChI is InChI=1S/C20H23N3OS/c1-20(2,11-24)23-18-17-16(10-25-19(17)22-12-21-18)15-8-7-13-5-3-4-6-14(13)9-15/h7-10,12,24H,3-6,11H2,1-2H3,(H,21,22,23). The predicted molar refractivity (Wildman–Crippen MR) is 104 cm³/mol. The molecule has 0 radical (unpaired) electrons. The lowest BCUT2D eigenvalue weighted by atomic mass is 9.89.